The number of hydrogen-bond acceptors (Lipinski definition) is 2. The highest BCUT2D eigenvalue weighted by Gasteiger charge is 2.30. The predicted molar refractivity (Wildman–Crippen MR) is 78.8 cm³/mol. The largest absolute Gasteiger partial charge is 0.385 e. The molecule has 0 saturated heterocycles. The van der Waals surface area contributed by atoms with Crippen LogP contribution in [0, 0.1) is 5.92 Å². The van der Waals surface area contributed by atoms with Crippen LogP contribution >= 0.6 is 0 Å². The summed E-state index contributed by atoms with van der Waals surface area (Å²) in [6.07, 6.45) is 5.39. The van der Waals surface area contributed by atoms with E-state index in [0.29, 0.717) is 6.42 Å². The summed E-state index contributed by atoms with van der Waals surface area (Å²) in [6, 6.07) is 7.93. The molecule has 0 aliphatic rings. The van der Waals surface area contributed by atoms with E-state index in [1.165, 1.54) is 0 Å². The van der Waals surface area contributed by atoms with Gasteiger partial charge in [-0.25, -0.2) is 0 Å². The number of carbonyl (C=O) groups excluding carboxylic acids is 1. The van der Waals surface area contributed by atoms with E-state index in [0.717, 1.165) is 49.0 Å². The van der Waals surface area contributed by atoms with Crippen LogP contribution in [0.1, 0.15) is 57.6 Å². The molecule has 1 rings (SSSR count). The molecule has 0 heterocycles. The third kappa shape index (κ3) is 4.46. The fourth-order valence-electron chi connectivity index (χ4n) is 2.19. The number of benzene rings is 1. The van der Waals surface area contributed by atoms with E-state index in [1.54, 1.807) is 0 Å². The summed E-state index contributed by atoms with van der Waals surface area (Å²) >= 11 is 0. The van der Waals surface area contributed by atoms with Gasteiger partial charge in [-0.1, -0.05) is 51.0 Å². The topological polar surface area (TPSA) is 37.3 Å². The minimum Gasteiger partial charge on any atom is -0.385 e. The lowest BCUT2D eigenvalue weighted by Crippen LogP contribution is -2.28. The van der Waals surface area contributed by atoms with Crippen molar-refractivity contribution in [3.05, 3.63) is 41.3 Å². The van der Waals surface area contributed by atoms with Crippen molar-refractivity contribution in [3.63, 3.8) is 0 Å². The van der Waals surface area contributed by atoms with Crippen LogP contribution in [0.3, 0.4) is 0 Å². The van der Waals surface area contributed by atoms with Gasteiger partial charge < -0.3 is 9.90 Å². The number of carbonyl (C=O) groups is 1. The van der Waals surface area contributed by atoms with Gasteiger partial charge in [0.2, 0.25) is 0 Å². The van der Waals surface area contributed by atoms with Crippen LogP contribution in [0.25, 0.3) is 0 Å². The van der Waals surface area contributed by atoms with E-state index >= 15 is 0 Å². The molecule has 0 aliphatic heterocycles. The molecule has 0 amide bonds. The second-order valence-corrected chi connectivity index (χ2v) is 5.36. The second kappa shape index (κ2) is 7.44. The third-order valence-electron chi connectivity index (χ3n) is 3.78. The highest BCUT2D eigenvalue weighted by Crippen LogP contribution is 2.34. The molecule has 1 aromatic carbocycles. The van der Waals surface area contributed by atoms with E-state index in [4.69, 9.17) is 0 Å². The van der Waals surface area contributed by atoms with Crippen LogP contribution in [0.4, 0.5) is 0 Å². The zero-order chi connectivity index (χ0) is 14.3. The Morgan fingerprint density at radius 3 is 2.79 bits per heavy atom. The highest BCUT2D eigenvalue weighted by atomic mass is 16.3. The van der Waals surface area contributed by atoms with E-state index in [-0.39, 0.29) is 0 Å². The molecule has 2 heteroatoms. The smallest absolute Gasteiger partial charge is 0.120 e. The molecule has 1 radical (unpaired) electrons. The fourth-order valence-corrected chi connectivity index (χ4v) is 2.19. The van der Waals surface area contributed by atoms with Crippen molar-refractivity contribution in [2.75, 3.05) is 0 Å². The molecular formula is C17H25O2. The van der Waals surface area contributed by atoms with E-state index in [2.05, 4.69) is 6.92 Å². The Kier molecular flexibility index (Phi) is 6.23. The minimum absolute atomic E-state index is 0.532. The summed E-state index contributed by atoms with van der Waals surface area (Å²) in [6.45, 7) is 6.03. The molecular weight excluding hydrogens is 236 g/mol. The first kappa shape index (κ1) is 15.9. The maximum atomic E-state index is 10.7. The normalized spacial score (nSPS) is 14.4. The first-order chi connectivity index (χ1) is 9.02. The summed E-state index contributed by atoms with van der Waals surface area (Å²) < 4.78 is 0. The van der Waals surface area contributed by atoms with Crippen molar-refractivity contribution in [2.45, 2.75) is 58.5 Å². The molecule has 2 nitrogen and oxygen atoms in total. The standard InChI is InChI=1S/C17H25O2/c1-4-5-8-14(2)17(3,19)16-11-6-9-15(13-16)10-7-12-18/h6,9,11-13,19H,4-5,7-8,10H2,1-3H3. The van der Waals surface area contributed by atoms with Gasteiger partial charge in [-0.3, -0.25) is 0 Å². The Hall–Kier alpha value is -1.15. The maximum Gasteiger partial charge on any atom is 0.120 e. The first-order valence-electron chi connectivity index (χ1n) is 7.10. The average molecular weight is 261 g/mol. The quantitative estimate of drug-likeness (QED) is 0.722. The molecule has 1 unspecified atom stereocenters. The van der Waals surface area contributed by atoms with E-state index < -0.39 is 5.60 Å². The van der Waals surface area contributed by atoms with E-state index in [1.807, 2.05) is 38.1 Å². The molecule has 1 N–H and O–H groups in total. The summed E-state index contributed by atoms with van der Waals surface area (Å²) in [5.74, 6) is 1.10. The first-order valence-corrected chi connectivity index (χ1v) is 7.10. The van der Waals surface area contributed by atoms with Crippen LogP contribution in [0.15, 0.2) is 24.3 Å². The van der Waals surface area contributed by atoms with Crippen molar-refractivity contribution >= 4 is 6.29 Å². The van der Waals surface area contributed by atoms with Crippen LogP contribution in [-0.4, -0.2) is 11.4 Å². The number of aliphatic hydroxyl groups is 1. The second-order valence-electron chi connectivity index (χ2n) is 5.36. The molecule has 0 bridgehead atoms. The molecule has 0 saturated carbocycles. The molecule has 1 atom stereocenters. The number of rotatable bonds is 8. The molecule has 0 spiro atoms. The fraction of sp³-hybridized carbons (Fsp3) is 0.529. The van der Waals surface area contributed by atoms with Gasteiger partial charge >= 0.3 is 0 Å². The molecule has 0 aliphatic carbocycles. The van der Waals surface area contributed by atoms with Gasteiger partial charge in [-0.2, -0.15) is 0 Å². The Morgan fingerprint density at radius 1 is 1.42 bits per heavy atom. The SMILES string of the molecule is CCCC[C](C)C(C)(O)c1cccc(CCC=O)c1. The monoisotopic (exact) mass is 261 g/mol. The number of aldehydes is 1. The van der Waals surface area contributed by atoms with Gasteiger partial charge in [0.1, 0.15) is 6.29 Å². The highest BCUT2D eigenvalue weighted by molar-refractivity contribution is 5.50. The van der Waals surface area contributed by atoms with E-state index in [9.17, 15) is 9.90 Å². The Balaban J connectivity index is 2.84. The summed E-state index contributed by atoms with van der Waals surface area (Å²) in [5, 5.41) is 10.7. The zero-order valence-electron chi connectivity index (χ0n) is 12.3. The van der Waals surface area contributed by atoms with Crippen molar-refractivity contribution < 1.29 is 9.90 Å². The Bertz CT molecular complexity index is 396. The van der Waals surface area contributed by atoms with Crippen LogP contribution in [0.5, 0.6) is 0 Å². The number of aryl methyl sites for hydroxylation is 1. The van der Waals surface area contributed by atoms with Crippen molar-refractivity contribution in [3.8, 4) is 0 Å². The predicted octanol–water partition coefficient (Wildman–Crippen LogP) is 3.81. The number of unbranched alkanes of at least 4 members (excludes halogenated alkanes) is 1. The average Bonchev–Trinajstić information content (AvgIpc) is 2.42. The number of hydrogen-bond donors (Lipinski definition) is 1. The summed E-state index contributed by atoms with van der Waals surface area (Å²) in [5.41, 5.74) is 1.14. The van der Waals surface area contributed by atoms with Crippen LogP contribution in [-0.2, 0) is 16.8 Å². The lowest BCUT2D eigenvalue weighted by atomic mass is 9.80. The minimum atomic E-state index is -0.883. The lowest BCUT2D eigenvalue weighted by Gasteiger charge is -2.31. The molecule has 105 valence electrons. The van der Waals surface area contributed by atoms with Crippen LogP contribution < -0.4 is 0 Å². The zero-order valence-corrected chi connectivity index (χ0v) is 12.3. The van der Waals surface area contributed by atoms with Crippen molar-refractivity contribution in [1.29, 1.82) is 0 Å². The van der Waals surface area contributed by atoms with Gasteiger partial charge in [0.25, 0.3) is 0 Å². The van der Waals surface area contributed by atoms with Crippen molar-refractivity contribution in [2.24, 2.45) is 0 Å². The van der Waals surface area contributed by atoms with Gasteiger partial charge in [0, 0.05) is 12.3 Å². The molecule has 19 heavy (non-hydrogen) atoms. The third-order valence-corrected chi connectivity index (χ3v) is 3.78. The summed E-state index contributed by atoms with van der Waals surface area (Å²) in [7, 11) is 0. The van der Waals surface area contributed by atoms with Gasteiger partial charge in [-0.15, -0.1) is 0 Å². The molecule has 1 aromatic rings. The van der Waals surface area contributed by atoms with Crippen LogP contribution in [0.2, 0.25) is 0 Å². The maximum absolute atomic E-state index is 10.7. The van der Waals surface area contributed by atoms with Gasteiger partial charge in [0.15, 0.2) is 0 Å². The summed E-state index contributed by atoms with van der Waals surface area (Å²) in [4.78, 5) is 10.4. The molecule has 0 aromatic heterocycles. The van der Waals surface area contributed by atoms with Gasteiger partial charge in [-0.05, 0) is 30.9 Å². The van der Waals surface area contributed by atoms with Crippen molar-refractivity contribution in [1.82, 2.24) is 0 Å². The Morgan fingerprint density at radius 2 is 2.16 bits per heavy atom. The molecule has 0 fully saturated rings. The lowest BCUT2D eigenvalue weighted by molar-refractivity contribution is -0.107. The van der Waals surface area contributed by atoms with Gasteiger partial charge in [0.05, 0.1) is 5.60 Å². The Labute approximate surface area is 116 Å².